The lowest BCUT2D eigenvalue weighted by atomic mass is 9.82. The SMILES string of the molecule is CC(CNC(=O)CCc1ccc(OC(F)(F)F)cc1)(C(=O)O)c1ccccc1. The van der Waals surface area contributed by atoms with Crippen LogP contribution in [0.5, 0.6) is 5.75 Å². The van der Waals surface area contributed by atoms with Crippen molar-refractivity contribution in [3.05, 3.63) is 65.7 Å². The van der Waals surface area contributed by atoms with Crippen LogP contribution in [0.1, 0.15) is 24.5 Å². The number of carbonyl (C=O) groups excluding carboxylic acids is 1. The summed E-state index contributed by atoms with van der Waals surface area (Å²) in [4.78, 5) is 23.8. The number of aryl methyl sites for hydroxylation is 1. The highest BCUT2D eigenvalue weighted by atomic mass is 19.4. The van der Waals surface area contributed by atoms with E-state index in [2.05, 4.69) is 10.1 Å². The number of carboxylic acid groups (broad SMARTS) is 1. The molecule has 0 aliphatic heterocycles. The zero-order chi connectivity index (χ0) is 20.8. The van der Waals surface area contributed by atoms with E-state index < -0.39 is 17.7 Å². The van der Waals surface area contributed by atoms with Gasteiger partial charge in [0.2, 0.25) is 5.91 Å². The Hall–Kier alpha value is -3.03. The van der Waals surface area contributed by atoms with E-state index in [1.54, 1.807) is 30.3 Å². The molecule has 1 amide bonds. The summed E-state index contributed by atoms with van der Waals surface area (Å²) in [7, 11) is 0. The second-order valence-corrected chi connectivity index (χ2v) is 6.47. The highest BCUT2D eigenvalue weighted by Crippen LogP contribution is 2.24. The standard InChI is InChI=1S/C20H20F3NO4/c1-19(18(26)27,15-5-3-2-4-6-15)13-24-17(25)12-9-14-7-10-16(11-8-14)28-20(21,22)23/h2-8,10-11H,9,12-13H2,1H3,(H,24,25)(H,26,27). The third-order valence-corrected chi connectivity index (χ3v) is 4.32. The molecule has 0 radical (unpaired) electrons. The van der Waals surface area contributed by atoms with Crippen molar-refractivity contribution in [1.29, 1.82) is 0 Å². The van der Waals surface area contributed by atoms with E-state index in [0.29, 0.717) is 17.5 Å². The Morgan fingerprint density at radius 3 is 2.18 bits per heavy atom. The van der Waals surface area contributed by atoms with Gasteiger partial charge in [-0.25, -0.2) is 0 Å². The van der Waals surface area contributed by atoms with Gasteiger partial charge in [0.05, 0.1) is 0 Å². The van der Waals surface area contributed by atoms with E-state index in [-0.39, 0.29) is 24.6 Å². The number of carbonyl (C=O) groups is 2. The smallest absolute Gasteiger partial charge is 0.481 e. The minimum Gasteiger partial charge on any atom is -0.481 e. The predicted octanol–water partition coefficient (Wildman–Crippen LogP) is 3.68. The topological polar surface area (TPSA) is 75.6 Å². The van der Waals surface area contributed by atoms with Crippen molar-refractivity contribution in [2.75, 3.05) is 6.54 Å². The molecule has 150 valence electrons. The largest absolute Gasteiger partial charge is 0.573 e. The van der Waals surface area contributed by atoms with Crippen molar-refractivity contribution in [1.82, 2.24) is 5.32 Å². The molecule has 1 unspecified atom stereocenters. The zero-order valence-electron chi connectivity index (χ0n) is 15.1. The molecule has 0 aliphatic carbocycles. The van der Waals surface area contributed by atoms with Crippen LogP contribution in [0.4, 0.5) is 13.2 Å². The van der Waals surface area contributed by atoms with E-state index in [1.165, 1.54) is 31.2 Å². The molecule has 0 saturated heterocycles. The summed E-state index contributed by atoms with van der Waals surface area (Å²) in [5.41, 5.74) is -0.0372. The molecular formula is C20H20F3NO4. The molecular weight excluding hydrogens is 375 g/mol. The van der Waals surface area contributed by atoms with E-state index >= 15 is 0 Å². The number of hydrogen-bond acceptors (Lipinski definition) is 3. The van der Waals surface area contributed by atoms with E-state index in [0.717, 1.165) is 0 Å². The molecule has 0 fully saturated rings. The second kappa shape index (κ2) is 8.77. The minimum atomic E-state index is -4.75. The molecule has 5 nitrogen and oxygen atoms in total. The van der Waals surface area contributed by atoms with Crippen LogP contribution in [0.2, 0.25) is 0 Å². The Kier molecular flexibility index (Phi) is 6.66. The highest BCUT2D eigenvalue weighted by Gasteiger charge is 2.35. The van der Waals surface area contributed by atoms with Crippen molar-refractivity contribution in [3.8, 4) is 5.75 Å². The summed E-state index contributed by atoms with van der Waals surface area (Å²) in [5, 5.41) is 12.2. The first-order valence-corrected chi connectivity index (χ1v) is 8.50. The third kappa shape index (κ3) is 6.00. The number of amides is 1. The molecule has 0 aliphatic rings. The van der Waals surface area contributed by atoms with Gasteiger partial charge in [0, 0.05) is 13.0 Å². The van der Waals surface area contributed by atoms with Crippen molar-refractivity contribution in [2.45, 2.75) is 31.5 Å². The molecule has 0 spiro atoms. The van der Waals surface area contributed by atoms with Crippen LogP contribution in [-0.2, 0) is 21.4 Å². The fraction of sp³-hybridized carbons (Fsp3) is 0.300. The number of ether oxygens (including phenoxy) is 1. The number of hydrogen-bond donors (Lipinski definition) is 2. The van der Waals surface area contributed by atoms with Gasteiger partial charge >= 0.3 is 12.3 Å². The Morgan fingerprint density at radius 1 is 1.04 bits per heavy atom. The number of nitrogens with one attached hydrogen (secondary N) is 1. The predicted molar refractivity (Wildman–Crippen MR) is 95.9 cm³/mol. The van der Waals surface area contributed by atoms with Crippen LogP contribution >= 0.6 is 0 Å². The van der Waals surface area contributed by atoms with Crippen LogP contribution in [0.15, 0.2) is 54.6 Å². The summed E-state index contributed by atoms with van der Waals surface area (Å²) in [6.07, 6.45) is -4.38. The Bertz CT molecular complexity index is 806. The number of benzene rings is 2. The van der Waals surface area contributed by atoms with Crippen molar-refractivity contribution in [3.63, 3.8) is 0 Å². The molecule has 2 aromatic carbocycles. The van der Waals surface area contributed by atoms with Gasteiger partial charge in [0.1, 0.15) is 11.2 Å². The second-order valence-electron chi connectivity index (χ2n) is 6.47. The van der Waals surface area contributed by atoms with Gasteiger partial charge in [0.15, 0.2) is 0 Å². The first kappa shape index (κ1) is 21.3. The molecule has 2 aromatic rings. The Morgan fingerprint density at radius 2 is 1.64 bits per heavy atom. The van der Waals surface area contributed by atoms with Crippen molar-refractivity contribution < 1.29 is 32.6 Å². The van der Waals surface area contributed by atoms with Gasteiger partial charge in [0.25, 0.3) is 0 Å². The van der Waals surface area contributed by atoms with E-state index in [9.17, 15) is 27.9 Å². The average Bonchev–Trinajstić information content (AvgIpc) is 2.65. The quantitative estimate of drug-likeness (QED) is 0.715. The molecule has 0 aromatic heterocycles. The average molecular weight is 395 g/mol. The summed E-state index contributed by atoms with van der Waals surface area (Å²) >= 11 is 0. The first-order valence-electron chi connectivity index (χ1n) is 8.50. The maximum Gasteiger partial charge on any atom is 0.573 e. The molecule has 28 heavy (non-hydrogen) atoms. The molecule has 2 N–H and O–H groups in total. The van der Waals surface area contributed by atoms with Crippen LogP contribution in [0.25, 0.3) is 0 Å². The number of carboxylic acids is 1. The zero-order valence-corrected chi connectivity index (χ0v) is 15.1. The first-order chi connectivity index (χ1) is 13.1. The molecule has 0 saturated carbocycles. The fourth-order valence-corrected chi connectivity index (χ4v) is 2.59. The van der Waals surface area contributed by atoms with Gasteiger partial charge in [-0.05, 0) is 36.6 Å². The maximum absolute atomic E-state index is 12.1. The van der Waals surface area contributed by atoms with Crippen molar-refractivity contribution >= 4 is 11.9 Å². The van der Waals surface area contributed by atoms with E-state index in [1.807, 2.05) is 0 Å². The summed E-state index contributed by atoms with van der Waals surface area (Å²) in [6, 6.07) is 13.8. The molecule has 8 heteroatoms. The lowest BCUT2D eigenvalue weighted by Gasteiger charge is -2.25. The summed E-state index contributed by atoms with van der Waals surface area (Å²) < 4.78 is 40.2. The minimum absolute atomic E-state index is 0.0734. The third-order valence-electron chi connectivity index (χ3n) is 4.32. The van der Waals surface area contributed by atoms with Gasteiger partial charge in [-0.3, -0.25) is 9.59 Å². The lowest BCUT2D eigenvalue weighted by molar-refractivity contribution is -0.274. The molecule has 0 bridgehead atoms. The van der Waals surface area contributed by atoms with Crippen LogP contribution in [0.3, 0.4) is 0 Å². The summed E-state index contributed by atoms with van der Waals surface area (Å²) in [6.45, 7) is 1.45. The van der Waals surface area contributed by atoms with Crippen molar-refractivity contribution in [2.24, 2.45) is 0 Å². The highest BCUT2D eigenvalue weighted by molar-refractivity contribution is 5.83. The normalized spacial score (nSPS) is 13.4. The Balaban J connectivity index is 1.89. The van der Waals surface area contributed by atoms with Gasteiger partial charge in [-0.15, -0.1) is 13.2 Å². The van der Waals surface area contributed by atoms with Crippen LogP contribution in [-0.4, -0.2) is 29.9 Å². The number of halogens is 3. The molecule has 0 heterocycles. The van der Waals surface area contributed by atoms with Gasteiger partial charge in [-0.2, -0.15) is 0 Å². The monoisotopic (exact) mass is 395 g/mol. The number of alkyl halides is 3. The molecule has 2 rings (SSSR count). The molecule has 1 atom stereocenters. The number of aliphatic carboxylic acids is 1. The van der Waals surface area contributed by atoms with E-state index in [4.69, 9.17) is 0 Å². The summed E-state index contributed by atoms with van der Waals surface area (Å²) in [5.74, 6) is -1.74. The fourth-order valence-electron chi connectivity index (χ4n) is 2.59. The Labute approximate surface area is 160 Å². The van der Waals surface area contributed by atoms with Crippen LogP contribution < -0.4 is 10.1 Å². The van der Waals surface area contributed by atoms with Gasteiger partial charge in [-0.1, -0.05) is 42.5 Å². The number of rotatable bonds is 8. The lowest BCUT2D eigenvalue weighted by Crippen LogP contribution is -2.44. The van der Waals surface area contributed by atoms with Gasteiger partial charge < -0.3 is 15.2 Å². The maximum atomic E-state index is 12.1. The van der Waals surface area contributed by atoms with Crippen LogP contribution in [0, 0.1) is 0 Å².